The molecule has 0 aliphatic heterocycles. The van der Waals surface area contributed by atoms with Gasteiger partial charge in [0, 0.05) is 17.2 Å². The van der Waals surface area contributed by atoms with Crippen molar-refractivity contribution in [2.24, 2.45) is 5.10 Å². The third kappa shape index (κ3) is 6.06. The predicted octanol–water partition coefficient (Wildman–Crippen LogP) is 6.48. The second-order valence-corrected chi connectivity index (χ2v) is 10.1. The number of nitro groups is 1. The van der Waals surface area contributed by atoms with Crippen LogP contribution in [0.15, 0.2) is 58.4 Å². The molecule has 10 nitrogen and oxygen atoms in total. The van der Waals surface area contributed by atoms with Gasteiger partial charge in [-0.25, -0.2) is 4.98 Å². The van der Waals surface area contributed by atoms with Crippen LogP contribution in [0.5, 0.6) is 17.2 Å². The summed E-state index contributed by atoms with van der Waals surface area (Å²) in [6, 6.07) is 13.9. The third-order valence-electron chi connectivity index (χ3n) is 6.42. The van der Waals surface area contributed by atoms with Gasteiger partial charge >= 0.3 is 5.69 Å². The maximum atomic E-state index is 13.7. The molecule has 0 saturated carbocycles. The summed E-state index contributed by atoms with van der Waals surface area (Å²) < 4.78 is 18.2. The zero-order valence-electron chi connectivity index (χ0n) is 24.3. The number of methoxy groups -OCH3 is 1. The first kappa shape index (κ1) is 29.3. The lowest BCUT2D eigenvalue weighted by atomic mass is 9.96. The van der Waals surface area contributed by atoms with Crippen molar-refractivity contribution in [1.29, 1.82) is 0 Å². The summed E-state index contributed by atoms with van der Waals surface area (Å²) in [5, 5.41) is 16.9. The van der Waals surface area contributed by atoms with Gasteiger partial charge in [-0.1, -0.05) is 26.0 Å². The van der Waals surface area contributed by atoms with E-state index in [-0.39, 0.29) is 41.4 Å². The molecule has 0 amide bonds. The fraction of sp³-hybridized carbons (Fsp3) is 0.323. The highest BCUT2D eigenvalue weighted by atomic mass is 16.6. The molecule has 1 heterocycles. The first-order chi connectivity index (χ1) is 19.5. The molecule has 10 heteroatoms. The largest absolute Gasteiger partial charge is 0.496 e. The average molecular weight is 559 g/mol. The van der Waals surface area contributed by atoms with Crippen LogP contribution in [-0.2, 0) is 0 Å². The highest BCUT2D eigenvalue weighted by Crippen LogP contribution is 2.39. The van der Waals surface area contributed by atoms with Crippen molar-refractivity contribution in [3.8, 4) is 28.6 Å². The smallest absolute Gasteiger partial charge is 0.315 e. The highest BCUT2D eigenvalue weighted by molar-refractivity contribution is 5.84. The summed E-state index contributed by atoms with van der Waals surface area (Å²) in [5.74, 6) is 1.50. The summed E-state index contributed by atoms with van der Waals surface area (Å²) in [6.07, 6.45) is 1.08. The zero-order valence-corrected chi connectivity index (χ0v) is 24.3. The first-order valence-electron chi connectivity index (χ1n) is 13.4. The van der Waals surface area contributed by atoms with Gasteiger partial charge in [-0.15, -0.1) is 0 Å². The summed E-state index contributed by atoms with van der Waals surface area (Å²) in [4.78, 5) is 30.0. The Hall–Kier alpha value is -4.73. The van der Waals surface area contributed by atoms with E-state index in [0.717, 1.165) is 22.4 Å². The van der Waals surface area contributed by atoms with Crippen molar-refractivity contribution >= 4 is 22.8 Å². The average Bonchev–Trinajstić information content (AvgIpc) is 2.93. The molecule has 0 bridgehead atoms. The summed E-state index contributed by atoms with van der Waals surface area (Å²) >= 11 is 0. The summed E-state index contributed by atoms with van der Waals surface area (Å²) in [7, 11) is 1.63. The molecule has 0 N–H and O–H groups in total. The molecule has 214 valence electrons. The number of hydrogen-bond donors (Lipinski definition) is 0. The normalized spacial score (nSPS) is 11.5. The number of aromatic nitrogens is 2. The molecule has 1 aromatic heterocycles. The lowest BCUT2D eigenvalue weighted by Gasteiger charge is -2.17. The lowest BCUT2D eigenvalue weighted by molar-refractivity contribution is -0.386. The Morgan fingerprint density at radius 1 is 1.10 bits per heavy atom. The topological polar surface area (TPSA) is 118 Å². The van der Waals surface area contributed by atoms with E-state index in [9.17, 15) is 14.9 Å². The van der Waals surface area contributed by atoms with E-state index < -0.39 is 4.92 Å². The van der Waals surface area contributed by atoms with E-state index >= 15 is 0 Å². The zero-order chi connectivity index (χ0) is 29.8. The highest BCUT2D eigenvalue weighted by Gasteiger charge is 2.24. The van der Waals surface area contributed by atoms with Crippen LogP contribution >= 0.6 is 0 Å². The Kier molecular flexibility index (Phi) is 8.71. The van der Waals surface area contributed by atoms with Crippen molar-refractivity contribution in [1.82, 2.24) is 9.66 Å². The number of fused-ring (bicyclic) bond motifs is 1. The molecule has 0 unspecified atom stereocenters. The van der Waals surface area contributed by atoms with Crippen molar-refractivity contribution in [2.75, 3.05) is 13.7 Å². The molecule has 41 heavy (non-hydrogen) atoms. The third-order valence-corrected chi connectivity index (χ3v) is 6.42. The van der Waals surface area contributed by atoms with Crippen molar-refractivity contribution in [3.63, 3.8) is 0 Å². The van der Waals surface area contributed by atoms with Gasteiger partial charge in [-0.2, -0.15) is 9.78 Å². The predicted molar refractivity (Wildman–Crippen MR) is 160 cm³/mol. The second-order valence-electron chi connectivity index (χ2n) is 10.1. The van der Waals surface area contributed by atoms with E-state index in [1.165, 1.54) is 17.0 Å². The first-order valence-corrected chi connectivity index (χ1v) is 13.4. The molecular weight excluding hydrogens is 524 g/mol. The molecular formula is C31H34N4O6. The molecule has 3 aromatic carbocycles. The van der Waals surface area contributed by atoms with Gasteiger partial charge in [0.25, 0.3) is 5.56 Å². The van der Waals surface area contributed by atoms with Gasteiger partial charge in [0.15, 0.2) is 11.6 Å². The van der Waals surface area contributed by atoms with Crippen molar-refractivity contribution in [3.05, 3.63) is 85.7 Å². The maximum Gasteiger partial charge on any atom is 0.315 e. The SMILES string of the molecule is CCOc1cc(C=Nn2c(-c3cc(C(C)C)c(OC)cc3C)nc3ccccc3c2=O)cc([N+](=O)[O-])c1OC(C)C. The summed E-state index contributed by atoms with van der Waals surface area (Å²) in [6.45, 7) is 11.7. The quantitative estimate of drug-likeness (QED) is 0.124. The number of benzene rings is 3. The van der Waals surface area contributed by atoms with E-state index in [0.29, 0.717) is 22.3 Å². The Morgan fingerprint density at radius 3 is 2.46 bits per heavy atom. The number of para-hydroxylation sites is 1. The number of hydrogen-bond acceptors (Lipinski definition) is 8. The second kappa shape index (κ2) is 12.2. The van der Waals surface area contributed by atoms with Gasteiger partial charge in [0.05, 0.1) is 41.9 Å². The minimum atomic E-state index is -0.527. The fourth-order valence-electron chi connectivity index (χ4n) is 4.53. The molecule has 0 fully saturated rings. The van der Waals surface area contributed by atoms with Crippen molar-refractivity contribution in [2.45, 2.75) is 53.6 Å². The van der Waals surface area contributed by atoms with E-state index in [1.54, 1.807) is 52.1 Å². The van der Waals surface area contributed by atoms with Gasteiger partial charge in [0.2, 0.25) is 5.75 Å². The Labute approximate surface area is 238 Å². The number of nitro benzene ring substituents is 1. The van der Waals surface area contributed by atoms with Crippen LogP contribution in [0.4, 0.5) is 5.69 Å². The number of aryl methyl sites for hydroxylation is 1. The minimum absolute atomic E-state index is 0.0456. The van der Waals surface area contributed by atoms with Crippen LogP contribution in [0.2, 0.25) is 0 Å². The standard InChI is InChI=1S/C31H34N4O6/c1-8-40-28-15-21(14-26(35(37)38)29(28)41-19(4)5)17-32-34-30(33-25-12-10-9-11-22(25)31(34)36)24-16-23(18(2)3)27(39-7)13-20(24)6/h9-19H,8H2,1-7H3. The van der Waals surface area contributed by atoms with Gasteiger partial charge in [-0.3, -0.25) is 14.9 Å². The van der Waals surface area contributed by atoms with Crippen LogP contribution in [-0.4, -0.2) is 40.6 Å². The molecule has 0 spiro atoms. The molecule has 0 aliphatic carbocycles. The molecule has 0 atom stereocenters. The number of nitrogens with zero attached hydrogens (tertiary/aromatic N) is 4. The van der Waals surface area contributed by atoms with Gasteiger partial charge < -0.3 is 14.2 Å². The maximum absolute atomic E-state index is 13.7. The van der Waals surface area contributed by atoms with E-state index in [1.807, 2.05) is 25.1 Å². The molecule has 0 aliphatic rings. The Balaban J connectivity index is 1.97. The number of ether oxygens (including phenoxy) is 3. The van der Waals surface area contributed by atoms with Gasteiger partial charge in [0.1, 0.15) is 5.75 Å². The van der Waals surface area contributed by atoms with Gasteiger partial charge in [-0.05, 0) is 75.1 Å². The minimum Gasteiger partial charge on any atom is -0.496 e. The monoisotopic (exact) mass is 558 g/mol. The van der Waals surface area contributed by atoms with Crippen LogP contribution in [0, 0.1) is 17.0 Å². The van der Waals surface area contributed by atoms with Crippen LogP contribution < -0.4 is 19.8 Å². The summed E-state index contributed by atoms with van der Waals surface area (Å²) in [5.41, 5.74) is 2.79. The van der Waals surface area contributed by atoms with E-state index in [4.69, 9.17) is 19.2 Å². The lowest BCUT2D eigenvalue weighted by Crippen LogP contribution is -2.21. The Bertz CT molecular complexity index is 1690. The van der Waals surface area contributed by atoms with Crippen molar-refractivity contribution < 1.29 is 19.1 Å². The van der Waals surface area contributed by atoms with Crippen LogP contribution in [0.25, 0.3) is 22.3 Å². The van der Waals surface area contributed by atoms with E-state index in [2.05, 4.69) is 18.9 Å². The fourth-order valence-corrected chi connectivity index (χ4v) is 4.53. The molecule has 0 saturated heterocycles. The number of rotatable bonds is 10. The molecule has 4 rings (SSSR count). The van der Waals surface area contributed by atoms with Crippen LogP contribution in [0.3, 0.4) is 0 Å². The Morgan fingerprint density at radius 2 is 1.83 bits per heavy atom. The molecule has 4 aromatic rings. The van der Waals surface area contributed by atoms with Crippen LogP contribution in [0.1, 0.15) is 57.2 Å². The molecule has 0 radical (unpaired) electrons.